The van der Waals surface area contributed by atoms with Crippen molar-refractivity contribution in [1.82, 2.24) is 10.3 Å². The Balaban J connectivity index is 2.02. The summed E-state index contributed by atoms with van der Waals surface area (Å²) in [6.07, 6.45) is 3.44. The lowest BCUT2D eigenvalue weighted by atomic mass is 10.0. The van der Waals surface area contributed by atoms with Gasteiger partial charge in [0.2, 0.25) is 5.91 Å². The molecule has 1 aromatic rings. The number of aliphatic carboxylic acids is 1. The zero-order valence-electron chi connectivity index (χ0n) is 9.81. The van der Waals surface area contributed by atoms with Crippen molar-refractivity contribution in [1.29, 1.82) is 0 Å². The predicted octanol–water partition coefficient (Wildman–Crippen LogP) is 1.46. The van der Waals surface area contributed by atoms with E-state index in [-0.39, 0.29) is 12.5 Å². The van der Waals surface area contributed by atoms with Gasteiger partial charge in [-0.1, -0.05) is 18.5 Å². The second-order valence-electron chi connectivity index (χ2n) is 4.53. The van der Waals surface area contributed by atoms with Crippen LogP contribution in [0.15, 0.2) is 18.5 Å². The van der Waals surface area contributed by atoms with Gasteiger partial charge in [-0.15, -0.1) is 0 Å². The minimum Gasteiger partial charge on any atom is -0.480 e. The van der Waals surface area contributed by atoms with Gasteiger partial charge in [0.15, 0.2) is 0 Å². The van der Waals surface area contributed by atoms with Crippen LogP contribution in [-0.4, -0.2) is 22.0 Å². The maximum absolute atomic E-state index is 11.9. The van der Waals surface area contributed by atoms with Crippen molar-refractivity contribution in [3.63, 3.8) is 0 Å². The summed E-state index contributed by atoms with van der Waals surface area (Å²) in [5.41, 5.74) is -0.534. The Morgan fingerprint density at radius 1 is 1.67 bits per heavy atom. The number of carboxylic acid groups (broad SMARTS) is 1. The van der Waals surface area contributed by atoms with E-state index in [1.165, 1.54) is 6.20 Å². The number of carboxylic acids is 1. The Kier molecular flexibility index (Phi) is 3.26. The van der Waals surface area contributed by atoms with E-state index in [1.807, 2.05) is 0 Å². The molecule has 1 aliphatic carbocycles. The Morgan fingerprint density at radius 3 is 2.83 bits per heavy atom. The maximum atomic E-state index is 11.9. The highest BCUT2D eigenvalue weighted by Crippen LogP contribution is 2.52. The van der Waals surface area contributed by atoms with Gasteiger partial charge in [-0.2, -0.15) is 0 Å². The lowest BCUT2D eigenvalue weighted by Gasteiger charge is -2.12. The van der Waals surface area contributed by atoms with Crippen LogP contribution >= 0.6 is 11.6 Å². The molecule has 0 aliphatic heterocycles. The molecule has 2 N–H and O–H groups in total. The smallest absolute Gasteiger partial charge is 0.319 e. The fourth-order valence-electron chi connectivity index (χ4n) is 2.02. The summed E-state index contributed by atoms with van der Waals surface area (Å²) in [5.74, 6) is -1.63. The zero-order chi connectivity index (χ0) is 13.3. The van der Waals surface area contributed by atoms with Crippen LogP contribution in [0.25, 0.3) is 0 Å². The van der Waals surface area contributed by atoms with Gasteiger partial charge >= 0.3 is 5.97 Å². The molecule has 1 fully saturated rings. The largest absolute Gasteiger partial charge is 0.480 e. The number of carbonyl (C=O) groups is 2. The van der Waals surface area contributed by atoms with E-state index in [4.69, 9.17) is 16.7 Å². The normalized spacial score (nSPS) is 25.6. The fraction of sp³-hybridized carbons (Fsp3) is 0.417. The lowest BCUT2D eigenvalue weighted by Crippen LogP contribution is -2.37. The number of nitrogens with one attached hydrogen (secondary N) is 1. The first-order valence-corrected chi connectivity index (χ1v) is 5.96. The molecule has 1 aromatic heterocycles. The third-order valence-electron chi connectivity index (χ3n) is 3.39. The van der Waals surface area contributed by atoms with Crippen molar-refractivity contribution >= 4 is 23.5 Å². The van der Waals surface area contributed by atoms with E-state index in [1.54, 1.807) is 19.2 Å². The standard InChI is InChI=1S/C12H13ClN2O3/c1-7-4-12(7,11(17)18)10(16)15-5-8-2-3-14-6-9(8)13/h2-3,6-7H,4-5H2,1H3,(H,15,16)(H,17,18). The van der Waals surface area contributed by atoms with E-state index in [0.717, 1.165) is 0 Å². The van der Waals surface area contributed by atoms with Crippen LogP contribution in [0.3, 0.4) is 0 Å². The Bertz CT molecular complexity index is 506. The van der Waals surface area contributed by atoms with Gasteiger partial charge in [0.1, 0.15) is 5.41 Å². The molecule has 0 aromatic carbocycles. The highest BCUT2D eigenvalue weighted by Gasteiger charge is 2.63. The summed E-state index contributed by atoms with van der Waals surface area (Å²) in [5, 5.41) is 12.2. The molecule has 1 aliphatic rings. The zero-order valence-corrected chi connectivity index (χ0v) is 10.6. The predicted molar refractivity (Wildman–Crippen MR) is 64.9 cm³/mol. The molecule has 1 heterocycles. The minimum absolute atomic E-state index is 0.122. The van der Waals surface area contributed by atoms with Crippen LogP contribution in [0.2, 0.25) is 5.02 Å². The van der Waals surface area contributed by atoms with Crippen molar-refractivity contribution in [3.05, 3.63) is 29.0 Å². The summed E-state index contributed by atoms with van der Waals surface area (Å²) in [4.78, 5) is 26.9. The van der Waals surface area contributed by atoms with Crippen molar-refractivity contribution < 1.29 is 14.7 Å². The molecule has 6 heteroatoms. The first kappa shape index (κ1) is 12.8. The molecule has 18 heavy (non-hydrogen) atoms. The monoisotopic (exact) mass is 268 g/mol. The molecule has 2 atom stereocenters. The Hall–Kier alpha value is -1.62. The van der Waals surface area contributed by atoms with Gasteiger partial charge in [0.05, 0.1) is 5.02 Å². The summed E-state index contributed by atoms with van der Waals surface area (Å²) in [6, 6.07) is 1.69. The number of pyridine rings is 1. The minimum atomic E-state index is -1.25. The molecular weight excluding hydrogens is 256 g/mol. The highest BCUT2D eigenvalue weighted by atomic mass is 35.5. The van der Waals surface area contributed by atoms with Crippen LogP contribution in [0.1, 0.15) is 18.9 Å². The lowest BCUT2D eigenvalue weighted by molar-refractivity contribution is -0.149. The van der Waals surface area contributed by atoms with Crippen molar-refractivity contribution in [2.24, 2.45) is 11.3 Å². The molecule has 1 saturated carbocycles. The van der Waals surface area contributed by atoms with Crippen molar-refractivity contribution in [2.75, 3.05) is 0 Å². The fourth-order valence-corrected chi connectivity index (χ4v) is 2.20. The van der Waals surface area contributed by atoms with Gasteiger partial charge in [-0.05, 0) is 24.0 Å². The summed E-state index contributed by atoms with van der Waals surface area (Å²) in [6.45, 7) is 1.97. The number of hydrogen-bond acceptors (Lipinski definition) is 3. The molecule has 0 spiro atoms. The van der Waals surface area contributed by atoms with E-state index in [9.17, 15) is 9.59 Å². The second kappa shape index (κ2) is 4.57. The van der Waals surface area contributed by atoms with Crippen LogP contribution in [0.4, 0.5) is 0 Å². The number of hydrogen-bond donors (Lipinski definition) is 2. The average Bonchev–Trinajstić information content (AvgIpc) is 3.01. The molecule has 2 unspecified atom stereocenters. The van der Waals surface area contributed by atoms with E-state index < -0.39 is 17.3 Å². The summed E-state index contributed by atoms with van der Waals surface area (Å²) < 4.78 is 0. The molecule has 1 amide bonds. The third kappa shape index (κ3) is 2.06. The van der Waals surface area contributed by atoms with Crippen molar-refractivity contribution in [3.8, 4) is 0 Å². The first-order chi connectivity index (χ1) is 8.48. The Morgan fingerprint density at radius 2 is 2.33 bits per heavy atom. The second-order valence-corrected chi connectivity index (χ2v) is 4.94. The molecule has 96 valence electrons. The van der Waals surface area contributed by atoms with Gasteiger partial charge in [0, 0.05) is 18.9 Å². The number of aromatic nitrogens is 1. The molecule has 5 nitrogen and oxygen atoms in total. The van der Waals surface area contributed by atoms with E-state index in [2.05, 4.69) is 10.3 Å². The molecular formula is C12H13ClN2O3. The van der Waals surface area contributed by atoms with Crippen LogP contribution < -0.4 is 5.32 Å². The third-order valence-corrected chi connectivity index (χ3v) is 3.73. The number of halogens is 1. The number of carbonyl (C=O) groups excluding carboxylic acids is 1. The topological polar surface area (TPSA) is 79.3 Å². The molecule has 0 bridgehead atoms. The van der Waals surface area contributed by atoms with Gasteiger partial charge in [-0.3, -0.25) is 14.6 Å². The number of rotatable bonds is 4. The van der Waals surface area contributed by atoms with Gasteiger partial charge < -0.3 is 10.4 Å². The van der Waals surface area contributed by atoms with Crippen LogP contribution in [0.5, 0.6) is 0 Å². The number of amides is 1. The average molecular weight is 269 g/mol. The molecule has 0 saturated heterocycles. The summed E-state index contributed by atoms with van der Waals surface area (Å²) >= 11 is 5.90. The highest BCUT2D eigenvalue weighted by molar-refractivity contribution is 6.31. The van der Waals surface area contributed by atoms with Gasteiger partial charge in [0.25, 0.3) is 0 Å². The van der Waals surface area contributed by atoms with Crippen LogP contribution in [0, 0.1) is 11.3 Å². The Labute approximate surface area is 109 Å². The van der Waals surface area contributed by atoms with Crippen LogP contribution in [-0.2, 0) is 16.1 Å². The maximum Gasteiger partial charge on any atom is 0.319 e. The van der Waals surface area contributed by atoms with Crippen molar-refractivity contribution in [2.45, 2.75) is 19.9 Å². The quantitative estimate of drug-likeness (QED) is 0.811. The molecule has 0 radical (unpaired) electrons. The summed E-state index contributed by atoms with van der Waals surface area (Å²) in [7, 11) is 0. The van der Waals surface area contributed by atoms with E-state index in [0.29, 0.717) is 17.0 Å². The number of nitrogens with zero attached hydrogens (tertiary/aromatic N) is 1. The first-order valence-electron chi connectivity index (χ1n) is 5.58. The SMILES string of the molecule is CC1CC1(C(=O)O)C(=O)NCc1ccncc1Cl. The van der Waals surface area contributed by atoms with Gasteiger partial charge in [-0.25, -0.2) is 0 Å². The van der Waals surface area contributed by atoms with E-state index >= 15 is 0 Å². The molecule has 2 rings (SSSR count).